The SMILES string of the molecule is Cc1nc(NC2CC=CC2)cc(=O)[nH]1. The minimum Gasteiger partial charge on any atom is -0.366 e. The Morgan fingerprint density at radius 1 is 1.50 bits per heavy atom. The summed E-state index contributed by atoms with van der Waals surface area (Å²) in [5.41, 5.74) is -0.106. The molecule has 0 spiro atoms. The van der Waals surface area contributed by atoms with Crippen molar-refractivity contribution in [3.05, 3.63) is 34.4 Å². The minimum atomic E-state index is -0.106. The molecule has 74 valence electrons. The normalized spacial score (nSPS) is 16.1. The van der Waals surface area contributed by atoms with Crippen LogP contribution in [0.2, 0.25) is 0 Å². The maximum atomic E-state index is 11.1. The van der Waals surface area contributed by atoms with E-state index in [-0.39, 0.29) is 5.56 Å². The summed E-state index contributed by atoms with van der Waals surface area (Å²) in [5, 5.41) is 3.23. The van der Waals surface area contributed by atoms with Gasteiger partial charge in [-0.1, -0.05) is 12.2 Å². The zero-order chi connectivity index (χ0) is 9.97. The molecule has 1 aromatic heterocycles. The van der Waals surface area contributed by atoms with Crippen LogP contribution in [0.3, 0.4) is 0 Å². The summed E-state index contributed by atoms with van der Waals surface area (Å²) in [7, 11) is 0. The van der Waals surface area contributed by atoms with Gasteiger partial charge in [0.2, 0.25) is 0 Å². The molecule has 1 aliphatic rings. The third-order valence-electron chi connectivity index (χ3n) is 2.22. The Bertz CT molecular complexity index is 400. The number of nitrogens with one attached hydrogen (secondary N) is 2. The van der Waals surface area contributed by atoms with Gasteiger partial charge in [-0.25, -0.2) is 4.98 Å². The average molecular weight is 191 g/mol. The van der Waals surface area contributed by atoms with Gasteiger partial charge in [-0.15, -0.1) is 0 Å². The average Bonchev–Trinajstić information content (AvgIpc) is 2.54. The molecule has 0 saturated heterocycles. The van der Waals surface area contributed by atoms with Gasteiger partial charge in [0.1, 0.15) is 11.6 Å². The van der Waals surface area contributed by atoms with Crippen molar-refractivity contribution in [3.63, 3.8) is 0 Å². The lowest BCUT2D eigenvalue weighted by molar-refractivity contribution is 0.777. The summed E-state index contributed by atoms with van der Waals surface area (Å²) < 4.78 is 0. The van der Waals surface area contributed by atoms with Crippen LogP contribution in [0.25, 0.3) is 0 Å². The third-order valence-corrected chi connectivity index (χ3v) is 2.22. The Labute approximate surface area is 82.1 Å². The molecule has 0 fully saturated rings. The van der Waals surface area contributed by atoms with Gasteiger partial charge >= 0.3 is 0 Å². The second-order valence-electron chi connectivity index (χ2n) is 3.50. The van der Waals surface area contributed by atoms with E-state index in [1.165, 1.54) is 6.07 Å². The second kappa shape index (κ2) is 3.65. The summed E-state index contributed by atoms with van der Waals surface area (Å²) in [6.07, 6.45) is 6.29. The van der Waals surface area contributed by atoms with Gasteiger partial charge in [0.05, 0.1) is 0 Å². The van der Waals surface area contributed by atoms with Crippen LogP contribution in [-0.2, 0) is 0 Å². The van der Waals surface area contributed by atoms with Gasteiger partial charge in [-0.3, -0.25) is 4.79 Å². The lowest BCUT2D eigenvalue weighted by Gasteiger charge is -2.12. The molecule has 1 aromatic rings. The maximum Gasteiger partial charge on any atom is 0.252 e. The highest BCUT2D eigenvalue weighted by Crippen LogP contribution is 2.13. The predicted molar refractivity (Wildman–Crippen MR) is 55.4 cm³/mol. The van der Waals surface area contributed by atoms with Crippen molar-refractivity contribution >= 4 is 5.82 Å². The molecule has 0 saturated carbocycles. The third kappa shape index (κ3) is 2.02. The predicted octanol–water partition coefficient (Wildman–Crippen LogP) is 1.21. The number of aromatic nitrogens is 2. The van der Waals surface area contributed by atoms with Crippen molar-refractivity contribution in [3.8, 4) is 0 Å². The summed E-state index contributed by atoms with van der Waals surface area (Å²) in [4.78, 5) is 17.9. The largest absolute Gasteiger partial charge is 0.366 e. The number of anilines is 1. The van der Waals surface area contributed by atoms with E-state index in [9.17, 15) is 4.79 Å². The van der Waals surface area contributed by atoms with Crippen molar-refractivity contribution in [1.29, 1.82) is 0 Å². The number of hydrogen-bond donors (Lipinski definition) is 2. The molecule has 14 heavy (non-hydrogen) atoms. The van der Waals surface area contributed by atoms with Gasteiger partial charge in [0.15, 0.2) is 0 Å². The quantitative estimate of drug-likeness (QED) is 0.691. The summed E-state index contributed by atoms with van der Waals surface area (Å²) >= 11 is 0. The van der Waals surface area contributed by atoms with Crippen LogP contribution < -0.4 is 10.9 Å². The zero-order valence-electron chi connectivity index (χ0n) is 8.08. The monoisotopic (exact) mass is 191 g/mol. The molecule has 0 amide bonds. The van der Waals surface area contributed by atoms with E-state index in [2.05, 4.69) is 27.4 Å². The van der Waals surface area contributed by atoms with E-state index >= 15 is 0 Å². The first-order valence-electron chi connectivity index (χ1n) is 4.73. The van der Waals surface area contributed by atoms with Gasteiger partial charge in [0, 0.05) is 12.1 Å². The van der Waals surface area contributed by atoms with E-state index in [0.717, 1.165) is 12.8 Å². The number of H-pyrrole nitrogens is 1. The smallest absolute Gasteiger partial charge is 0.252 e. The highest BCUT2D eigenvalue weighted by atomic mass is 16.1. The van der Waals surface area contributed by atoms with Crippen LogP contribution in [0.15, 0.2) is 23.0 Å². The molecular weight excluding hydrogens is 178 g/mol. The highest BCUT2D eigenvalue weighted by molar-refractivity contribution is 5.35. The standard InChI is InChI=1S/C10H13N3O/c1-7-11-9(6-10(14)12-7)13-8-4-2-3-5-8/h2-3,6,8H,4-5H2,1H3,(H2,11,12,13,14). The van der Waals surface area contributed by atoms with Gasteiger partial charge in [-0.2, -0.15) is 0 Å². The van der Waals surface area contributed by atoms with Crippen LogP contribution >= 0.6 is 0 Å². The molecule has 0 aromatic carbocycles. The molecule has 2 rings (SSSR count). The number of nitrogens with zero attached hydrogens (tertiary/aromatic N) is 1. The molecule has 0 aliphatic heterocycles. The number of aryl methyl sites for hydroxylation is 1. The molecule has 0 unspecified atom stereocenters. The lowest BCUT2D eigenvalue weighted by atomic mass is 10.2. The van der Waals surface area contributed by atoms with Gasteiger partial charge < -0.3 is 10.3 Å². The molecule has 0 bridgehead atoms. The van der Waals surface area contributed by atoms with Crippen molar-refractivity contribution in [2.75, 3.05) is 5.32 Å². The van der Waals surface area contributed by atoms with Crippen LogP contribution in [0.4, 0.5) is 5.82 Å². The van der Waals surface area contributed by atoms with Gasteiger partial charge in [0.25, 0.3) is 5.56 Å². The maximum absolute atomic E-state index is 11.1. The van der Waals surface area contributed by atoms with E-state index in [4.69, 9.17) is 0 Å². The molecule has 0 atom stereocenters. The van der Waals surface area contributed by atoms with Gasteiger partial charge in [-0.05, 0) is 19.8 Å². The fourth-order valence-electron chi connectivity index (χ4n) is 1.60. The fourth-order valence-corrected chi connectivity index (χ4v) is 1.60. The van der Waals surface area contributed by atoms with E-state index in [0.29, 0.717) is 17.7 Å². The summed E-state index contributed by atoms with van der Waals surface area (Å²) in [6, 6.07) is 1.88. The number of rotatable bonds is 2. The molecular formula is C10H13N3O. The molecule has 1 aliphatic carbocycles. The first-order valence-corrected chi connectivity index (χ1v) is 4.73. The first-order chi connectivity index (χ1) is 6.74. The Morgan fingerprint density at radius 3 is 2.86 bits per heavy atom. The number of hydrogen-bond acceptors (Lipinski definition) is 3. The highest BCUT2D eigenvalue weighted by Gasteiger charge is 2.10. The van der Waals surface area contributed by atoms with E-state index in [1.54, 1.807) is 6.92 Å². The van der Waals surface area contributed by atoms with Crippen LogP contribution in [0.1, 0.15) is 18.7 Å². The molecule has 2 N–H and O–H groups in total. The van der Waals surface area contributed by atoms with Crippen LogP contribution in [0, 0.1) is 6.92 Å². The van der Waals surface area contributed by atoms with E-state index in [1.807, 2.05) is 0 Å². The Morgan fingerprint density at radius 2 is 2.21 bits per heavy atom. The molecule has 4 heteroatoms. The lowest BCUT2D eigenvalue weighted by Crippen LogP contribution is -2.19. The fraction of sp³-hybridized carbons (Fsp3) is 0.400. The van der Waals surface area contributed by atoms with Crippen LogP contribution in [-0.4, -0.2) is 16.0 Å². The topological polar surface area (TPSA) is 57.8 Å². The zero-order valence-corrected chi connectivity index (χ0v) is 8.08. The van der Waals surface area contributed by atoms with E-state index < -0.39 is 0 Å². The summed E-state index contributed by atoms with van der Waals surface area (Å²) in [5.74, 6) is 1.31. The second-order valence-corrected chi connectivity index (χ2v) is 3.50. The molecule has 0 radical (unpaired) electrons. The molecule has 4 nitrogen and oxygen atoms in total. The van der Waals surface area contributed by atoms with Crippen LogP contribution in [0.5, 0.6) is 0 Å². The number of aromatic amines is 1. The minimum absolute atomic E-state index is 0.106. The molecule has 1 heterocycles. The Hall–Kier alpha value is -1.58. The first kappa shape index (κ1) is 8.99. The van der Waals surface area contributed by atoms with Crippen molar-refractivity contribution in [2.45, 2.75) is 25.8 Å². The van der Waals surface area contributed by atoms with Crippen molar-refractivity contribution in [1.82, 2.24) is 9.97 Å². The van der Waals surface area contributed by atoms with Crippen molar-refractivity contribution < 1.29 is 0 Å². The van der Waals surface area contributed by atoms with Crippen molar-refractivity contribution in [2.24, 2.45) is 0 Å². The Balaban J connectivity index is 2.12. The summed E-state index contributed by atoms with van der Waals surface area (Å²) in [6.45, 7) is 1.78. The Kier molecular flexibility index (Phi) is 2.35.